The molecule has 1 N–H and O–H groups in total. The van der Waals surface area contributed by atoms with Crippen LogP contribution in [0.2, 0.25) is 0 Å². The van der Waals surface area contributed by atoms with E-state index in [0.717, 1.165) is 41.5 Å². The largest absolute Gasteiger partial charge is 0.476 e. The van der Waals surface area contributed by atoms with Crippen molar-refractivity contribution >= 4 is 10.9 Å². The summed E-state index contributed by atoms with van der Waals surface area (Å²) in [6.07, 6.45) is 2.82. The Kier molecular flexibility index (Phi) is 5.63. The van der Waals surface area contributed by atoms with Crippen molar-refractivity contribution in [1.29, 1.82) is 0 Å². The lowest BCUT2D eigenvalue weighted by Crippen LogP contribution is -2.40. The molecule has 0 bridgehead atoms. The number of pyridine rings is 1. The third kappa shape index (κ3) is 4.44. The van der Waals surface area contributed by atoms with E-state index in [0.29, 0.717) is 12.4 Å². The van der Waals surface area contributed by atoms with Crippen molar-refractivity contribution in [3.63, 3.8) is 0 Å². The predicted octanol–water partition coefficient (Wildman–Crippen LogP) is 4.95. The SMILES string of the molecule is ON(COc1cccc(-c2cccc3cccnc23)c1)CN1CCc2ccccc2C1. The quantitative estimate of drug-likeness (QED) is 0.360. The topological polar surface area (TPSA) is 48.8 Å². The molecule has 5 nitrogen and oxygen atoms in total. The summed E-state index contributed by atoms with van der Waals surface area (Å²) in [5.74, 6) is 0.716. The normalized spacial score (nSPS) is 14.0. The summed E-state index contributed by atoms with van der Waals surface area (Å²) in [7, 11) is 0. The number of rotatable bonds is 6. The second-order valence-corrected chi connectivity index (χ2v) is 7.90. The first-order chi connectivity index (χ1) is 15.3. The van der Waals surface area contributed by atoms with Gasteiger partial charge in [-0.2, -0.15) is 0 Å². The molecule has 0 fully saturated rings. The third-order valence-corrected chi connectivity index (χ3v) is 5.73. The summed E-state index contributed by atoms with van der Waals surface area (Å²) in [5, 5.41) is 12.7. The fourth-order valence-corrected chi connectivity index (χ4v) is 4.19. The maximum Gasteiger partial charge on any atom is 0.165 e. The lowest BCUT2D eigenvalue weighted by atomic mass is 10.0. The molecule has 2 heterocycles. The van der Waals surface area contributed by atoms with E-state index in [9.17, 15) is 5.21 Å². The molecule has 1 aromatic heterocycles. The third-order valence-electron chi connectivity index (χ3n) is 5.73. The molecule has 156 valence electrons. The monoisotopic (exact) mass is 411 g/mol. The molecule has 0 amide bonds. The standard InChI is InChI=1S/C26H25N3O2/c30-29(18-28-15-13-20-6-1-2-7-23(20)17-28)19-31-24-11-3-9-22(16-24)25-12-4-8-21-10-5-14-27-26(21)25/h1-12,14,16,30H,13,15,17-19H2. The van der Waals surface area contributed by atoms with Gasteiger partial charge in [-0.3, -0.25) is 9.88 Å². The van der Waals surface area contributed by atoms with Crippen LogP contribution in [0, 0.1) is 0 Å². The molecule has 0 aliphatic carbocycles. The molecule has 3 aromatic carbocycles. The molecule has 0 radical (unpaired) electrons. The fraction of sp³-hybridized carbons (Fsp3) is 0.192. The summed E-state index contributed by atoms with van der Waals surface area (Å²) in [6, 6.07) is 26.6. The summed E-state index contributed by atoms with van der Waals surface area (Å²) >= 11 is 0. The maximum absolute atomic E-state index is 10.4. The first-order valence-electron chi connectivity index (χ1n) is 10.6. The molecular weight excluding hydrogens is 386 g/mol. The second kappa shape index (κ2) is 8.86. The van der Waals surface area contributed by atoms with Crippen LogP contribution in [-0.2, 0) is 13.0 Å². The van der Waals surface area contributed by atoms with Crippen LogP contribution in [0.1, 0.15) is 11.1 Å². The van der Waals surface area contributed by atoms with E-state index in [2.05, 4.69) is 58.4 Å². The van der Waals surface area contributed by atoms with Crippen LogP contribution in [0.3, 0.4) is 0 Å². The molecule has 0 saturated heterocycles. The molecule has 4 aromatic rings. The Morgan fingerprint density at radius 3 is 2.71 bits per heavy atom. The molecule has 0 saturated carbocycles. The van der Waals surface area contributed by atoms with Crippen LogP contribution >= 0.6 is 0 Å². The number of hydrogen-bond donors (Lipinski definition) is 1. The van der Waals surface area contributed by atoms with Gasteiger partial charge in [0.15, 0.2) is 6.73 Å². The fourth-order valence-electron chi connectivity index (χ4n) is 4.19. The van der Waals surface area contributed by atoms with Crippen molar-refractivity contribution in [2.45, 2.75) is 13.0 Å². The van der Waals surface area contributed by atoms with Gasteiger partial charge in [-0.1, -0.05) is 60.7 Å². The number of benzene rings is 3. The van der Waals surface area contributed by atoms with Crippen LogP contribution in [0.25, 0.3) is 22.0 Å². The maximum atomic E-state index is 10.4. The van der Waals surface area contributed by atoms with Gasteiger partial charge in [0.2, 0.25) is 0 Å². The van der Waals surface area contributed by atoms with E-state index < -0.39 is 0 Å². The number of hydrogen-bond acceptors (Lipinski definition) is 5. The smallest absolute Gasteiger partial charge is 0.165 e. The average Bonchev–Trinajstić information content (AvgIpc) is 2.82. The minimum atomic E-state index is 0.107. The highest BCUT2D eigenvalue weighted by atomic mass is 16.6. The zero-order valence-corrected chi connectivity index (χ0v) is 17.3. The molecule has 31 heavy (non-hydrogen) atoms. The molecule has 1 aliphatic heterocycles. The summed E-state index contributed by atoms with van der Waals surface area (Å²) in [6.45, 7) is 2.32. The van der Waals surface area contributed by atoms with Crippen LogP contribution in [0.15, 0.2) is 85.1 Å². The Morgan fingerprint density at radius 1 is 0.935 bits per heavy atom. The van der Waals surface area contributed by atoms with Gasteiger partial charge in [0.1, 0.15) is 5.75 Å². The van der Waals surface area contributed by atoms with Crippen LogP contribution in [-0.4, -0.2) is 40.1 Å². The first kappa shape index (κ1) is 19.7. The van der Waals surface area contributed by atoms with Crippen molar-refractivity contribution < 1.29 is 9.94 Å². The van der Waals surface area contributed by atoms with E-state index in [4.69, 9.17) is 4.74 Å². The van der Waals surface area contributed by atoms with Crippen molar-refractivity contribution in [2.75, 3.05) is 19.9 Å². The summed E-state index contributed by atoms with van der Waals surface area (Å²) in [5.41, 5.74) is 5.81. The Morgan fingerprint density at radius 2 is 1.77 bits per heavy atom. The van der Waals surface area contributed by atoms with Gasteiger partial charge in [0.25, 0.3) is 0 Å². The van der Waals surface area contributed by atoms with Crippen LogP contribution in [0.5, 0.6) is 5.75 Å². The molecule has 0 unspecified atom stereocenters. The van der Waals surface area contributed by atoms with E-state index in [1.54, 1.807) is 0 Å². The minimum absolute atomic E-state index is 0.107. The van der Waals surface area contributed by atoms with Gasteiger partial charge in [-0.15, -0.1) is 5.06 Å². The highest BCUT2D eigenvalue weighted by Gasteiger charge is 2.17. The van der Waals surface area contributed by atoms with Gasteiger partial charge >= 0.3 is 0 Å². The number of fused-ring (bicyclic) bond motifs is 2. The molecule has 0 atom stereocenters. The highest BCUT2D eigenvalue weighted by molar-refractivity contribution is 5.93. The van der Waals surface area contributed by atoms with E-state index in [-0.39, 0.29) is 6.73 Å². The second-order valence-electron chi connectivity index (χ2n) is 7.90. The van der Waals surface area contributed by atoms with Crippen LogP contribution < -0.4 is 4.74 Å². The van der Waals surface area contributed by atoms with E-state index in [1.807, 2.05) is 36.5 Å². The number of para-hydroxylation sites is 1. The van der Waals surface area contributed by atoms with Gasteiger partial charge in [-0.25, -0.2) is 0 Å². The van der Waals surface area contributed by atoms with Gasteiger partial charge in [0.05, 0.1) is 12.2 Å². The first-order valence-corrected chi connectivity index (χ1v) is 10.6. The molecule has 1 aliphatic rings. The van der Waals surface area contributed by atoms with Gasteiger partial charge in [0, 0.05) is 30.2 Å². The molecular formula is C26H25N3O2. The van der Waals surface area contributed by atoms with Crippen molar-refractivity contribution in [3.8, 4) is 16.9 Å². The lowest BCUT2D eigenvalue weighted by molar-refractivity contribution is -0.163. The average molecular weight is 412 g/mol. The minimum Gasteiger partial charge on any atom is -0.476 e. The summed E-state index contributed by atoms with van der Waals surface area (Å²) in [4.78, 5) is 6.77. The Labute approximate surface area is 182 Å². The van der Waals surface area contributed by atoms with Crippen molar-refractivity contribution in [2.24, 2.45) is 0 Å². The Bertz CT molecular complexity index is 1190. The zero-order chi connectivity index (χ0) is 21.0. The van der Waals surface area contributed by atoms with Crippen molar-refractivity contribution in [3.05, 3.63) is 96.2 Å². The molecule has 0 spiro atoms. The molecule has 5 rings (SSSR count). The Balaban J connectivity index is 1.23. The number of nitrogens with zero attached hydrogens (tertiary/aromatic N) is 3. The van der Waals surface area contributed by atoms with Crippen LogP contribution in [0.4, 0.5) is 0 Å². The predicted molar refractivity (Wildman–Crippen MR) is 122 cm³/mol. The number of hydroxylamine groups is 2. The summed E-state index contributed by atoms with van der Waals surface area (Å²) < 4.78 is 5.88. The van der Waals surface area contributed by atoms with E-state index >= 15 is 0 Å². The Hall–Kier alpha value is -3.25. The highest BCUT2D eigenvalue weighted by Crippen LogP contribution is 2.29. The number of ether oxygens (including phenoxy) is 1. The van der Waals surface area contributed by atoms with Gasteiger partial charge in [-0.05, 0) is 41.3 Å². The number of aromatic nitrogens is 1. The van der Waals surface area contributed by atoms with Gasteiger partial charge < -0.3 is 9.94 Å². The zero-order valence-electron chi connectivity index (χ0n) is 17.3. The molecule has 5 heteroatoms. The lowest BCUT2D eigenvalue weighted by Gasteiger charge is -2.31. The van der Waals surface area contributed by atoms with Crippen molar-refractivity contribution in [1.82, 2.24) is 14.9 Å². The van der Waals surface area contributed by atoms with E-state index in [1.165, 1.54) is 16.2 Å².